The van der Waals surface area contributed by atoms with E-state index in [1.165, 1.54) is 6.42 Å². The molecule has 0 atom stereocenters. The lowest BCUT2D eigenvalue weighted by atomic mass is 10.0. The summed E-state index contributed by atoms with van der Waals surface area (Å²) in [6.45, 7) is 1.50. The van der Waals surface area contributed by atoms with E-state index in [-0.39, 0.29) is 10.5 Å². The van der Waals surface area contributed by atoms with Crippen LogP contribution in [0, 0.1) is 0 Å². The smallest absolute Gasteiger partial charge is 0.158 e. The van der Waals surface area contributed by atoms with Crippen molar-refractivity contribution in [3.63, 3.8) is 0 Å². The van der Waals surface area contributed by atoms with E-state index in [0.717, 1.165) is 38.8 Å². The summed E-state index contributed by atoms with van der Waals surface area (Å²) in [6, 6.07) is 0. The number of rotatable bonds is 2. The molecule has 1 aliphatic heterocycles. The number of nitrogens with zero attached hydrogens (tertiary/aromatic N) is 1. The second-order valence-electron chi connectivity index (χ2n) is 4.69. The van der Waals surface area contributed by atoms with Crippen LogP contribution in [0.2, 0.25) is 0 Å². The molecule has 0 bridgehead atoms. The van der Waals surface area contributed by atoms with Crippen LogP contribution in [0.15, 0.2) is 0 Å². The summed E-state index contributed by atoms with van der Waals surface area (Å²) in [4.78, 5) is 2.07. The largest absolute Gasteiger partial charge is 0.304 e. The molecule has 2 aliphatic rings. The van der Waals surface area contributed by atoms with Crippen LogP contribution < -0.4 is 0 Å². The maximum atomic E-state index is 12.1. The van der Waals surface area contributed by atoms with Crippen molar-refractivity contribution >= 4 is 9.84 Å². The lowest BCUT2D eigenvalue weighted by Gasteiger charge is -2.38. The third kappa shape index (κ3) is 1.82. The van der Waals surface area contributed by atoms with Crippen LogP contribution in [-0.2, 0) is 9.84 Å². The van der Waals surface area contributed by atoms with Crippen molar-refractivity contribution in [2.24, 2.45) is 0 Å². The Morgan fingerprint density at radius 2 is 1.57 bits per heavy atom. The molecule has 14 heavy (non-hydrogen) atoms. The van der Waals surface area contributed by atoms with Gasteiger partial charge in [-0.2, -0.15) is 0 Å². The van der Waals surface area contributed by atoms with Crippen molar-refractivity contribution in [2.75, 3.05) is 20.1 Å². The minimum absolute atomic E-state index is 0.0186. The Kier molecular flexibility index (Phi) is 2.84. The molecule has 82 valence electrons. The monoisotopic (exact) mass is 217 g/mol. The molecule has 0 N–H and O–H groups in total. The fraction of sp³-hybridized carbons (Fsp3) is 1.00. The lowest BCUT2D eigenvalue weighted by Crippen LogP contribution is -2.55. The zero-order valence-corrected chi connectivity index (χ0v) is 9.59. The predicted octanol–water partition coefficient (Wildman–Crippen LogP) is 1.05. The van der Waals surface area contributed by atoms with Gasteiger partial charge in [0.1, 0.15) is 0 Å². The normalized spacial score (nSPS) is 27.5. The Bertz CT molecular complexity index is 287. The summed E-state index contributed by atoms with van der Waals surface area (Å²) in [7, 11) is -0.821. The zero-order chi connectivity index (χ0) is 10.2. The van der Waals surface area contributed by atoms with Crippen LogP contribution in [0.25, 0.3) is 0 Å². The summed E-state index contributed by atoms with van der Waals surface area (Å²) in [5.74, 6) is 0. The molecule has 1 aliphatic carbocycles. The van der Waals surface area contributed by atoms with E-state index >= 15 is 0 Å². The molecule has 1 heterocycles. The maximum Gasteiger partial charge on any atom is 0.158 e. The first-order valence-corrected chi connectivity index (χ1v) is 7.13. The molecule has 0 unspecified atom stereocenters. The Morgan fingerprint density at radius 1 is 1.00 bits per heavy atom. The Balaban J connectivity index is 2.00. The van der Waals surface area contributed by atoms with Crippen molar-refractivity contribution in [2.45, 2.75) is 42.6 Å². The fourth-order valence-corrected chi connectivity index (χ4v) is 4.97. The second kappa shape index (κ2) is 3.81. The highest BCUT2D eigenvalue weighted by Gasteiger charge is 2.40. The highest BCUT2D eigenvalue weighted by atomic mass is 32.2. The molecule has 1 saturated carbocycles. The van der Waals surface area contributed by atoms with Crippen LogP contribution in [0.1, 0.15) is 32.1 Å². The van der Waals surface area contributed by atoms with Crippen molar-refractivity contribution in [1.29, 1.82) is 0 Å². The quantitative estimate of drug-likeness (QED) is 0.694. The van der Waals surface area contributed by atoms with Gasteiger partial charge >= 0.3 is 0 Å². The van der Waals surface area contributed by atoms with Crippen LogP contribution >= 0.6 is 0 Å². The average molecular weight is 217 g/mol. The van der Waals surface area contributed by atoms with Crippen LogP contribution in [-0.4, -0.2) is 44.0 Å². The summed E-state index contributed by atoms with van der Waals surface area (Å²) in [6.07, 6.45) is 5.24. The van der Waals surface area contributed by atoms with Crippen molar-refractivity contribution in [3.05, 3.63) is 0 Å². The standard InChI is InChI=1S/C10H19NO2S/c1-11-7-10(8-11)14(12,13)9-5-3-2-4-6-9/h9-10H,2-8H2,1H3. The number of hydrogen-bond donors (Lipinski definition) is 0. The van der Waals surface area contributed by atoms with Gasteiger partial charge in [-0.15, -0.1) is 0 Å². The molecule has 0 radical (unpaired) electrons. The highest BCUT2D eigenvalue weighted by Crippen LogP contribution is 2.29. The van der Waals surface area contributed by atoms with Gasteiger partial charge in [-0.1, -0.05) is 19.3 Å². The van der Waals surface area contributed by atoms with Crippen molar-refractivity contribution in [3.8, 4) is 0 Å². The molecular weight excluding hydrogens is 198 g/mol. The second-order valence-corrected chi connectivity index (χ2v) is 7.20. The van der Waals surface area contributed by atoms with Gasteiger partial charge in [-0.3, -0.25) is 0 Å². The third-order valence-electron chi connectivity index (χ3n) is 3.51. The Hall–Kier alpha value is -0.0900. The van der Waals surface area contributed by atoms with E-state index in [9.17, 15) is 8.42 Å². The number of sulfone groups is 1. The molecular formula is C10H19NO2S. The van der Waals surface area contributed by atoms with E-state index < -0.39 is 9.84 Å². The summed E-state index contributed by atoms with van der Waals surface area (Å²) < 4.78 is 24.2. The molecule has 0 spiro atoms. The van der Waals surface area contributed by atoms with Crippen molar-refractivity contribution in [1.82, 2.24) is 4.90 Å². The van der Waals surface area contributed by atoms with Gasteiger partial charge in [0.2, 0.25) is 0 Å². The minimum Gasteiger partial charge on any atom is -0.304 e. The third-order valence-corrected chi connectivity index (χ3v) is 6.14. The summed E-state index contributed by atoms with van der Waals surface area (Å²) >= 11 is 0. The Morgan fingerprint density at radius 3 is 2.07 bits per heavy atom. The van der Waals surface area contributed by atoms with E-state index in [1.807, 2.05) is 7.05 Å². The topological polar surface area (TPSA) is 37.4 Å². The molecule has 0 aromatic carbocycles. The SMILES string of the molecule is CN1CC(S(=O)(=O)C2CCCCC2)C1. The van der Waals surface area contributed by atoms with Gasteiger partial charge in [-0.25, -0.2) is 8.42 Å². The minimum atomic E-state index is -2.80. The van der Waals surface area contributed by atoms with Crippen LogP contribution in [0.3, 0.4) is 0 Å². The molecule has 0 aromatic heterocycles. The highest BCUT2D eigenvalue weighted by molar-refractivity contribution is 7.92. The first-order chi connectivity index (χ1) is 6.60. The molecule has 2 rings (SSSR count). The molecule has 0 aromatic rings. The van der Waals surface area contributed by atoms with E-state index in [0.29, 0.717) is 0 Å². The molecule has 4 heteroatoms. The van der Waals surface area contributed by atoms with Gasteiger partial charge in [-0.05, 0) is 19.9 Å². The van der Waals surface area contributed by atoms with Gasteiger partial charge in [0.05, 0.1) is 10.5 Å². The summed E-state index contributed by atoms with van der Waals surface area (Å²) in [5.41, 5.74) is 0. The molecule has 1 saturated heterocycles. The van der Waals surface area contributed by atoms with Gasteiger partial charge < -0.3 is 4.90 Å². The first-order valence-electron chi connectivity index (χ1n) is 5.52. The zero-order valence-electron chi connectivity index (χ0n) is 8.78. The molecule has 0 amide bonds. The van der Waals surface area contributed by atoms with Crippen molar-refractivity contribution < 1.29 is 8.42 Å². The predicted molar refractivity (Wildman–Crippen MR) is 57.1 cm³/mol. The lowest BCUT2D eigenvalue weighted by molar-refractivity contribution is 0.230. The molecule has 2 fully saturated rings. The van der Waals surface area contributed by atoms with Gasteiger partial charge in [0.25, 0.3) is 0 Å². The fourth-order valence-electron chi connectivity index (χ4n) is 2.52. The summed E-state index contributed by atoms with van der Waals surface area (Å²) in [5, 5.41) is -0.0782. The average Bonchev–Trinajstić information content (AvgIpc) is 2.14. The van der Waals surface area contributed by atoms with Gasteiger partial charge in [0, 0.05) is 13.1 Å². The van der Waals surface area contributed by atoms with Crippen LogP contribution in [0.4, 0.5) is 0 Å². The maximum absolute atomic E-state index is 12.1. The van der Waals surface area contributed by atoms with E-state index in [1.54, 1.807) is 0 Å². The van der Waals surface area contributed by atoms with Gasteiger partial charge in [0.15, 0.2) is 9.84 Å². The number of likely N-dealkylation sites (tertiary alicyclic amines) is 1. The number of hydrogen-bond acceptors (Lipinski definition) is 3. The Labute approximate surface area is 86.4 Å². The van der Waals surface area contributed by atoms with E-state index in [4.69, 9.17) is 0 Å². The first kappa shape index (κ1) is 10.4. The van der Waals surface area contributed by atoms with Crippen LogP contribution in [0.5, 0.6) is 0 Å². The van der Waals surface area contributed by atoms with E-state index in [2.05, 4.69) is 4.90 Å². The molecule has 3 nitrogen and oxygen atoms in total.